The number of nitrogens with one attached hydrogen (secondary N) is 1. The van der Waals surface area contributed by atoms with Gasteiger partial charge in [0.2, 0.25) is 5.91 Å². The summed E-state index contributed by atoms with van der Waals surface area (Å²) in [6.45, 7) is 3.35. The van der Waals surface area contributed by atoms with Crippen molar-refractivity contribution < 1.29 is 9.53 Å². The van der Waals surface area contributed by atoms with Gasteiger partial charge in [-0.3, -0.25) is 9.78 Å². The van der Waals surface area contributed by atoms with Crippen LogP contribution in [0.1, 0.15) is 13.3 Å². The van der Waals surface area contributed by atoms with E-state index in [4.69, 9.17) is 4.74 Å². The Kier molecular flexibility index (Phi) is 5.00. The lowest BCUT2D eigenvalue weighted by Gasteiger charge is -2.09. The van der Waals surface area contributed by atoms with Crippen LogP contribution in [0.3, 0.4) is 0 Å². The van der Waals surface area contributed by atoms with E-state index in [1.807, 2.05) is 42.5 Å². The van der Waals surface area contributed by atoms with Gasteiger partial charge in [0.15, 0.2) is 0 Å². The van der Waals surface area contributed by atoms with Gasteiger partial charge in [-0.2, -0.15) is 0 Å². The summed E-state index contributed by atoms with van der Waals surface area (Å²) in [6.07, 6.45) is 2.03. The van der Waals surface area contributed by atoms with E-state index in [2.05, 4.69) is 52.1 Å². The van der Waals surface area contributed by atoms with Gasteiger partial charge in [-0.05, 0) is 49.4 Å². The molecule has 1 N–H and O–H groups in total. The third-order valence-corrected chi connectivity index (χ3v) is 5.55. The van der Waals surface area contributed by atoms with Gasteiger partial charge >= 0.3 is 0 Å². The summed E-state index contributed by atoms with van der Waals surface area (Å²) in [5.74, 6) is 0.644. The zero-order valence-corrected chi connectivity index (χ0v) is 17.3. The molecule has 0 aliphatic rings. The molecule has 0 atom stereocenters. The number of aromatic nitrogens is 2. The molecule has 5 nitrogen and oxygen atoms in total. The van der Waals surface area contributed by atoms with Crippen LogP contribution in [0.15, 0.2) is 79.0 Å². The Labute approximate surface area is 180 Å². The number of amides is 1. The van der Waals surface area contributed by atoms with Crippen LogP contribution in [0.25, 0.3) is 32.7 Å². The van der Waals surface area contributed by atoms with Gasteiger partial charge in [0.1, 0.15) is 5.75 Å². The van der Waals surface area contributed by atoms with E-state index in [1.54, 1.807) is 6.20 Å². The number of carbonyl (C=O) groups excluding carboxylic acids is 1. The Morgan fingerprint density at radius 1 is 0.968 bits per heavy atom. The molecule has 0 fully saturated rings. The van der Waals surface area contributed by atoms with Crippen molar-refractivity contribution in [3.63, 3.8) is 0 Å². The molecule has 0 radical (unpaired) electrons. The summed E-state index contributed by atoms with van der Waals surface area (Å²) in [5.41, 5.74) is 4.06. The van der Waals surface area contributed by atoms with Crippen molar-refractivity contribution in [3.05, 3.63) is 79.0 Å². The highest BCUT2D eigenvalue weighted by atomic mass is 16.5. The first-order chi connectivity index (χ1) is 15.2. The van der Waals surface area contributed by atoms with Crippen LogP contribution in [0, 0.1) is 0 Å². The van der Waals surface area contributed by atoms with E-state index in [1.165, 1.54) is 16.4 Å². The Hall–Kier alpha value is -3.86. The number of fused-ring (bicyclic) bond motifs is 4. The number of pyridine rings is 1. The molecule has 0 saturated carbocycles. The Balaban J connectivity index is 1.27. The van der Waals surface area contributed by atoms with Crippen molar-refractivity contribution >= 4 is 44.3 Å². The van der Waals surface area contributed by atoms with E-state index in [0.29, 0.717) is 12.4 Å². The predicted octanol–water partition coefficient (Wildman–Crippen LogP) is 5.77. The molecule has 3 aromatic carbocycles. The van der Waals surface area contributed by atoms with Crippen molar-refractivity contribution in [3.8, 4) is 5.75 Å². The quantitative estimate of drug-likeness (QED) is 0.387. The molecule has 0 spiro atoms. The van der Waals surface area contributed by atoms with Crippen molar-refractivity contribution in [2.24, 2.45) is 0 Å². The average Bonchev–Trinajstić information content (AvgIpc) is 3.12. The predicted molar refractivity (Wildman–Crippen MR) is 126 cm³/mol. The lowest BCUT2D eigenvalue weighted by molar-refractivity contribution is -0.116. The summed E-state index contributed by atoms with van der Waals surface area (Å²) < 4.78 is 8.06. The van der Waals surface area contributed by atoms with Gasteiger partial charge in [-0.15, -0.1) is 0 Å². The normalized spacial score (nSPS) is 11.3. The zero-order valence-electron chi connectivity index (χ0n) is 17.3. The molecule has 0 aliphatic heterocycles. The third-order valence-electron chi connectivity index (χ3n) is 5.55. The molecule has 2 aromatic heterocycles. The Morgan fingerprint density at radius 2 is 1.84 bits per heavy atom. The maximum Gasteiger partial charge on any atom is 0.227 e. The second-order valence-electron chi connectivity index (χ2n) is 7.50. The SMILES string of the molecule is CCn1c2ccccc2c2cc(NC(=O)CCOc3ccc4cccnc4c3)ccc21. The second kappa shape index (κ2) is 8.11. The molecule has 0 bridgehead atoms. The monoisotopic (exact) mass is 409 g/mol. The summed E-state index contributed by atoms with van der Waals surface area (Å²) in [7, 11) is 0. The number of hydrogen-bond donors (Lipinski definition) is 1. The van der Waals surface area contributed by atoms with E-state index >= 15 is 0 Å². The van der Waals surface area contributed by atoms with Crippen LogP contribution in [0.2, 0.25) is 0 Å². The van der Waals surface area contributed by atoms with Gasteiger partial charge in [-0.25, -0.2) is 0 Å². The largest absolute Gasteiger partial charge is 0.493 e. The molecule has 0 unspecified atom stereocenters. The maximum absolute atomic E-state index is 12.5. The number of rotatable bonds is 6. The number of carbonyl (C=O) groups is 1. The summed E-state index contributed by atoms with van der Waals surface area (Å²) in [4.78, 5) is 16.8. The van der Waals surface area contributed by atoms with Crippen LogP contribution < -0.4 is 10.1 Å². The number of nitrogens with zero attached hydrogens (tertiary/aromatic N) is 2. The number of aryl methyl sites for hydroxylation is 1. The summed E-state index contributed by atoms with van der Waals surface area (Å²) in [6, 6.07) is 24.1. The molecule has 5 heteroatoms. The molecule has 31 heavy (non-hydrogen) atoms. The minimum Gasteiger partial charge on any atom is -0.493 e. The minimum atomic E-state index is -0.0718. The van der Waals surface area contributed by atoms with Crippen LogP contribution in [-0.4, -0.2) is 22.1 Å². The third kappa shape index (κ3) is 3.70. The fourth-order valence-corrected chi connectivity index (χ4v) is 4.09. The lowest BCUT2D eigenvalue weighted by Crippen LogP contribution is -2.15. The molecule has 0 saturated heterocycles. The number of para-hydroxylation sites is 1. The number of benzene rings is 3. The lowest BCUT2D eigenvalue weighted by atomic mass is 10.1. The molecule has 0 aliphatic carbocycles. The van der Waals surface area contributed by atoms with Crippen LogP contribution in [-0.2, 0) is 11.3 Å². The first-order valence-corrected chi connectivity index (χ1v) is 10.5. The van der Waals surface area contributed by atoms with Crippen LogP contribution >= 0.6 is 0 Å². The Morgan fingerprint density at radius 3 is 2.74 bits per heavy atom. The average molecular weight is 409 g/mol. The van der Waals surface area contributed by atoms with Crippen molar-refractivity contribution in [2.45, 2.75) is 19.9 Å². The molecular weight excluding hydrogens is 386 g/mol. The van der Waals surface area contributed by atoms with E-state index in [0.717, 1.165) is 28.5 Å². The van der Waals surface area contributed by atoms with Crippen molar-refractivity contribution in [1.82, 2.24) is 9.55 Å². The smallest absolute Gasteiger partial charge is 0.227 e. The highest BCUT2D eigenvalue weighted by molar-refractivity contribution is 6.09. The van der Waals surface area contributed by atoms with Crippen LogP contribution in [0.5, 0.6) is 5.75 Å². The standard InChI is InChI=1S/C26H23N3O2/c1-2-29-24-8-4-3-7-21(24)22-16-19(10-12-25(22)29)28-26(30)13-15-31-20-11-9-18-6-5-14-27-23(18)17-20/h3-12,14,16-17H,2,13,15H2,1H3,(H,28,30). The fraction of sp³-hybridized carbons (Fsp3) is 0.154. The highest BCUT2D eigenvalue weighted by Gasteiger charge is 2.11. The Bertz CT molecular complexity index is 1400. The molecule has 5 rings (SSSR count). The zero-order chi connectivity index (χ0) is 21.2. The maximum atomic E-state index is 12.5. The van der Waals surface area contributed by atoms with E-state index in [-0.39, 0.29) is 12.3 Å². The summed E-state index contributed by atoms with van der Waals surface area (Å²) >= 11 is 0. The summed E-state index contributed by atoms with van der Waals surface area (Å²) in [5, 5.41) is 6.41. The van der Waals surface area contributed by atoms with Crippen molar-refractivity contribution in [1.29, 1.82) is 0 Å². The molecule has 1 amide bonds. The fourth-order valence-electron chi connectivity index (χ4n) is 4.09. The van der Waals surface area contributed by atoms with Crippen molar-refractivity contribution in [2.75, 3.05) is 11.9 Å². The van der Waals surface area contributed by atoms with Gasteiger partial charge in [0, 0.05) is 51.7 Å². The van der Waals surface area contributed by atoms with Crippen LogP contribution in [0.4, 0.5) is 5.69 Å². The van der Waals surface area contributed by atoms with Gasteiger partial charge < -0.3 is 14.6 Å². The topological polar surface area (TPSA) is 56.2 Å². The van der Waals surface area contributed by atoms with E-state index in [9.17, 15) is 4.79 Å². The number of anilines is 1. The molecule has 2 heterocycles. The number of ether oxygens (including phenoxy) is 1. The van der Waals surface area contributed by atoms with Gasteiger partial charge in [0.05, 0.1) is 18.5 Å². The van der Waals surface area contributed by atoms with E-state index < -0.39 is 0 Å². The molecule has 154 valence electrons. The minimum absolute atomic E-state index is 0.0718. The number of hydrogen-bond acceptors (Lipinski definition) is 3. The molecule has 5 aromatic rings. The van der Waals surface area contributed by atoms with Gasteiger partial charge in [0.25, 0.3) is 0 Å². The highest BCUT2D eigenvalue weighted by Crippen LogP contribution is 2.31. The first-order valence-electron chi connectivity index (χ1n) is 10.5. The second-order valence-corrected chi connectivity index (χ2v) is 7.50. The molecular formula is C26H23N3O2. The first kappa shape index (κ1) is 19.1. The van der Waals surface area contributed by atoms with Gasteiger partial charge in [-0.1, -0.05) is 24.3 Å².